The van der Waals surface area contributed by atoms with Crippen LogP contribution < -0.4 is 10.6 Å². The number of thiocarbonyl (C=S) groups is 1. The van der Waals surface area contributed by atoms with Crippen LogP contribution >= 0.6 is 28.1 Å². The zero-order valence-electron chi connectivity index (χ0n) is 11.1. The minimum Gasteiger partial charge on any atom is -0.389 e. The molecular formula is C14H19BrN2OS. The monoisotopic (exact) mass is 342 g/mol. The maximum absolute atomic E-state index is 5.84. The second kappa shape index (κ2) is 6.68. The Morgan fingerprint density at radius 1 is 1.47 bits per heavy atom. The van der Waals surface area contributed by atoms with Crippen LogP contribution in [0.5, 0.6) is 0 Å². The van der Waals surface area contributed by atoms with E-state index in [1.165, 1.54) is 0 Å². The molecule has 0 aromatic heterocycles. The van der Waals surface area contributed by atoms with Gasteiger partial charge in [-0.2, -0.15) is 0 Å². The fourth-order valence-corrected chi connectivity index (χ4v) is 3.40. The number of ether oxygens (including phenoxy) is 1. The van der Waals surface area contributed by atoms with Crippen molar-refractivity contribution in [1.82, 2.24) is 0 Å². The van der Waals surface area contributed by atoms with Crippen molar-refractivity contribution in [3.63, 3.8) is 0 Å². The molecule has 0 spiro atoms. The Morgan fingerprint density at radius 3 is 2.79 bits per heavy atom. The number of benzene rings is 1. The maximum atomic E-state index is 5.84. The van der Waals surface area contributed by atoms with Gasteiger partial charge < -0.3 is 15.4 Å². The van der Waals surface area contributed by atoms with E-state index in [0.29, 0.717) is 10.9 Å². The van der Waals surface area contributed by atoms with Crippen molar-refractivity contribution in [2.24, 2.45) is 11.7 Å². The Morgan fingerprint density at radius 2 is 2.16 bits per heavy atom. The molecule has 1 aliphatic rings. The smallest absolute Gasteiger partial charge is 0.107 e. The van der Waals surface area contributed by atoms with Gasteiger partial charge in [0.25, 0.3) is 0 Å². The van der Waals surface area contributed by atoms with Crippen molar-refractivity contribution in [2.75, 3.05) is 31.7 Å². The molecule has 0 aliphatic carbocycles. The minimum atomic E-state index is 0.432. The summed E-state index contributed by atoms with van der Waals surface area (Å²) in [5.41, 5.74) is 7.86. The van der Waals surface area contributed by atoms with E-state index >= 15 is 0 Å². The van der Waals surface area contributed by atoms with Gasteiger partial charge in [-0.05, 0) is 46.8 Å². The molecule has 0 unspecified atom stereocenters. The molecule has 0 bridgehead atoms. The highest BCUT2D eigenvalue weighted by Gasteiger charge is 2.18. The summed E-state index contributed by atoms with van der Waals surface area (Å²) < 4.78 is 6.36. The van der Waals surface area contributed by atoms with Gasteiger partial charge >= 0.3 is 0 Å². The highest BCUT2D eigenvalue weighted by molar-refractivity contribution is 9.10. The molecule has 3 nitrogen and oxygen atoms in total. The molecule has 1 aromatic carbocycles. The zero-order chi connectivity index (χ0) is 13.8. The van der Waals surface area contributed by atoms with Crippen molar-refractivity contribution >= 4 is 38.8 Å². The zero-order valence-corrected chi connectivity index (χ0v) is 13.5. The highest BCUT2D eigenvalue weighted by atomic mass is 79.9. The average molecular weight is 343 g/mol. The Hall–Kier alpha value is -0.650. The lowest BCUT2D eigenvalue weighted by atomic mass is 9.99. The molecule has 2 rings (SSSR count). The lowest BCUT2D eigenvalue weighted by Gasteiger charge is -2.29. The summed E-state index contributed by atoms with van der Waals surface area (Å²) in [6.07, 6.45) is 2.25. The normalized spacial score (nSPS) is 16.3. The molecule has 0 amide bonds. The van der Waals surface area contributed by atoms with E-state index in [0.717, 1.165) is 48.3 Å². The predicted octanol–water partition coefficient (Wildman–Crippen LogP) is 2.95. The van der Waals surface area contributed by atoms with Gasteiger partial charge in [-0.3, -0.25) is 0 Å². The first-order valence-corrected chi connectivity index (χ1v) is 7.67. The van der Waals surface area contributed by atoms with Crippen LogP contribution in [0, 0.1) is 5.92 Å². The molecule has 104 valence electrons. The molecule has 1 aliphatic heterocycles. The maximum Gasteiger partial charge on any atom is 0.107 e. The van der Waals surface area contributed by atoms with Crippen LogP contribution in [0.2, 0.25) is 0 Å². The van der Waals surface area contributed by atoms with Gasteiger partial charge in [-0.25, -0.2) is 0 Å². The van der Waals surface area contributed by atoms with E-state index in [2.05, 4.69) is 33.9 Å². The van der Waals surface area contributed by atoms with Crippen molar-refractivity contribution < 1.29 is 4.74 Å². The number of hydrogen-bond donors (Lipinski definition) is 1. The number of nitrogens with two attached hydrogens (primary N) is 1. The topological polar surface area (TPSA) is 38.5 Å². The van der Waals surface area contributed by atoms with Crippen molar-refractivity contribution in [3.05, 3.63) is 28.2 Å². The molecule has 19 heavy (non-hydrogen) atoms. The Kier molecular flexibility index (Phi) is 5.19. The third kappa shape index (κ3) is 3.68. The summed E-state index contributed by atoms with van der Waals surface area (Å²) in [7, 11) is 2.10. The van der Waals surface area contributed by atoms with Gasteiger partial charge in [0.2, 0.25) is 0 Å². The van der Waals surface area contributed by atoms with Gasteiger partial charge in [0.15, 0.2) is 0 Å². The SMILES string of the molecule is CN(CC1CCOCC1)c1cccc(Br)c1C(N)=S. The van der Waals surface area contributed by atoms with Gasteiger partial charge in [-0.15, -0.1) is 0 Å². The van der Waals surface area contributed by atoms with E-state index in [1.54, 1.807) is 0 Å². The van der Waals surface area contributed by atoms with E-state index < -0.39 is 0 Å². The van der Waals surface area contributed by atoms with E-state index in [-0.39, 0.29) is 0 Å². The molecule has 0 atom stereocenters. The number of nitrogens with zero attached hydrogens (tertiary/aromatic N) is 1. The van der Waals surface area contributed by atoms with Gasteiger partial charge in [0.05, 0.1) is 0 Å². The molecule has 1 fully saturated rings. The van der Waals surface area contributed by atoms with Crippen molar-refractivity contribution in [3.8, 4) is 0 Å². The first-order chi connectivity index (χ1) is 9.09. The molecule has 1 heterocycles. The van der Waals surface area contributed by atoms with Gasteiger partial charge in [0, 0.05) is 42.5 Å². The van der Waals surface area contributed by atoms with Crippen molar-refractivity contribution in [2.45, 2.75) is 12.8 Å². The quantitative estimate of drug-likeness (QED) is 0.853. The van der Waals surface area contributed by atoms with Crippen LogP contribution in [0.25, 0.3) is 0 Å². The van der Waals surface area contributed by atoms with E-state index in [1.807, 2.05) is 12.1 Å². The largest absolute Gasteiger partial charge is 0.389 e. The first-order valence-electron chi connectivity index (χ1n) is 6.46. The second-order valence-corrected chi connectivity index (χ2v) is 6.23. The Balaban J connectivity index is 2.16. The molecule has 1 saturated heterocycles. The van der Waals surface area contributed by atoms with Crippen LogP contribution in [0.3, 0.4) is 0 Å². The fraction of sp³-hybridized carbons (Fsp3) is 0.500. The fourth-order valence-electron chi connectivity index (χ4n) is 2.49. The molecule has 1 aromatic rings. The summed E-state index contributed by atoms with van der Waals surface area (Å²) in [4.78, 5) is 2.68. The molecule has 5 heteroatoms. The lowest BCUT2D eigenvalue weighted by molar-refractivity contribution is 0.0685. The summed E-state index contributed by atoms with van der Waals surface area (Å²) >= 11 is 8.69. The van der Waals surface area contributed by atoms with E-state index in [9.17, 15) is 0 Å². The van der Waals surface area contributed by atoms with Crippen molar-refractivity contribution in [1.29, 1.82) is 0 Å². The summed E-state index contributed by atoms with van der Waals surface area (Å²) in [6.45, 7) is 2.76. The minimum absolute atomic E-state index is 0.432. The molecule has 2 N–H and O–H groups in total. The Labute approximate surface area is 128 Å². The number of rotatable bonds is 4. The third-order valence-corrected chi connectivity index (χ3v) is 4.39. The Bertz CT molecular complexity index is 461. The molecular weight excluding hydrogens is 324 g/mol. The standard InChI is InChI=1S/C14H19BrN2OS/c1-17(9-10-5-7-18-8-6-10)12-4-2-3-11(15)13(12)14(16)19/h2-4,10H,5-9H2,1H3,(H2,16,19). The third-order valence-electron chi connectivity index (χ3n) is 3.52. The van der Waals surface area contributed by atoms with Crippen LogP contribution in [0.1, 0.15) is 18.4 Å². The van der Waals surface area contributed by atoms with Gasteiger partial charge in [-0.1, -0.05) is 18.3 Å². The summed E-state index contributed by atoms with van der Waals surface area (Å²) in [6, 6.07) is 6.06. The average Bonchev–Trinajstić information content (AvgIpc) is 2.39. The van der Waals surface area contributed by atoms with Gasteiger partial charge in [0.1, 0.15) is 4.99 Å². The van der Waals surface area contributed by atoms with Crippen LogP contribution in [0.4, 0.5) is 5.69 Å². The lowest BCUT2D eigenvalue weighted by Crippen LogP contribution is -2.31. The summed E-state index contributed by atoms with van der Waals surface area (Å²) in [5.74, 6) is 0.678. The van der Waals surface area contributed by atoms with E-state index in [4.69, 9.17) is 22.7 Å². The van der Waals surface area contributed by atoms with Crippen LogP contribution in [0.15, 0.2) is 22.7 Å². The van der Waals surface area contributed by atoms with Crippen LogP contribution in [-0.2, 0) is 4.74 Å². The molecule has 0 radical (unpaired) electrons. The second-order valence-electron chi connectivity index (χ2n) is 4.93. The number of hydrogen-bond acceptors (Lipinski definition) is 3. The first kappa shape index (κ1) is 14.8. The summed E-state index contributed by atoms with van der Waals surface area (Å²) in [5, 5.41) is 0. The number of anilines is 1. The predicted molar refractivity (Wildman–Crippen MR) is 86.8 cm³/mol. The highest BCUT2D eigenvalue weighted by Crippen LogP contribution is 2.28. The number of halogens is 1. The van der Waals surface area contributed by atoms with Crippen LogP contribution in [-0.4, -0.2) is 31.8 Å². The molecule has 0 saturated carbocycles.